The van der Waals surface area contributed by atoms with Crippen LogP contribution in [0.1, 0.15) is 67.7 Å². The van der Waals surface area contributed by atoms with Crippen molar-refractivity contribution in [3.05, 3.63) is 11.8 Å². The summed E-state index contributed by atoms with van der Waals surface area (Å²) in [7, 11) is -2.16. The van der Waals surface area contributed by atoms with E-state index in [1.165, 1.54) is 0 Å². The van der Waals surface area contributed by atoms with Gasteiger partial charge in [0.1, 0.15) is 0 Å². The van der Waals surface area contributed by atoms with Crippen LogP contribution in [0, 0.1) is 0 Å². The number of allylic oxidation sites excluding steroid dienone is 1. The van der Waals surface area contributed by atoms with Gasteiger partial charge in [0.05, 0.1) is 0 Å². The molecule has 0 bridgehead atoms. The first kappa shape index (κ1) is 19.2. The summed E-state index contributed by atoms with van der Waals surface area (Å²) in [4.78, 5) is 11.5. The summed E-state index contributed by atoms with van der Waals surface area (Å²) < 4.78 is 6.23. The van der Waals surface area contributed by atoms with Crippen LogP contribution in [0.4, 0.5) is 0 Å². The number of carboxylic acid groups (broad SMARTS) is 1. The third-order valence-corrected chi connectivity index (χ3v) is 10.1. The molecular weight excluding hydrogens is 268 g/mol. The molecule has 0 aliphatic rings. The van der Waals surface area contributed by atoms with Crippen LogP contribution in [0.15, 0.2) is 11.8 Å². The third-order valence-electron chi connectivity index (χ3n) is 4.09. The van der Waals surface area contributed by atoms with Crippen molar-refractivity contribution in [1.82, 2.24) is 0 Å². The summed E-state index contributed by atoms with van der Waals surface area (Å²) >= 11 is 0. The first-order valence-corrected chi connectivity index (χ1v) is 9.96. The quantitative estimate of drug-likeness (QED) is 0.271. The summed E-state index contributed by atoms with van der Waals surface area (Å²) in [5.41, 5.74) is 1.16. The van der Waals surface area contributed by atoms with Crippen molar-refractivity contribution < 1.29 is 14.3 Å². The summed E-state index contributed by atoms with van der Waals surface area (Å²) in [6.07, 6.45) is 4.60. The van der Waals surface area contributed by atoms with Crippen LogP contribution in [-0.2, 0) is 9.22 Å². The molecule has 0 aromatic heterocycles. The van der Waals surface area contributed by atoms with Crippen molar-refractivity contribution in [2.24, 2.45) is 0 Å². The highest BCUT2D eigenvalue weighted by atomic mass is 28.4. The van der Waals surface area contributed by atoms with Gasteiger partial charge in [-0.2, -0.15) is 0 Å². The fourth-order valence-electron chi connectivity index (χ4n) is 3.15. The molecule has 4 heteroatoms. The lowest BCUT2D eigenvalue weighted by molar-refractivity contribution is -0.135. The van der Waals surface area contributed by atoms with Crippen LogP contribution < -0.4 is 0 Å². The Bertz CT molecular complexity index is 311. The van der Waals surface area contributed by atoms with Crippen molar-refractivity contribution in [2.75, 3.05) is 0 Å². The summed E-state index contributed by atoms with van der Waals surface area (Å²) in [6.45, 7) is 15.1. The Morgan fingerprint density at radius 2 is 1.55 bits per heavy atom. The fourth-order valence-corrected chi connectivity index (χ4v) is 8.41. The average Bonchev–Trinajstić information content (AvgIpc) is 2.31. The van der Waals surface area contributed by atoms with Gasteiger partial charge in [-0.25, -0.2) is 4.79 Å². The molecule has 0 saturated carbocycles. The number of carboxylic acids is 1. The van der Waals surface area contributed by atoms with E-state index in [1.54, 1.807) is 6.08 Å². The maximum Gasteiger partial charge on any atom is 0.369 e. The number of hydrogen-bond acceptors (Lipinski definition) is 2. The highest BCUT2D eigenvalue weighted by Crippen LogP contribution is 2.43. The molecule has 0 unspecified atom stereocenters. The van der Waals surface area contributed by atoms with E-state index in [2.05, 4.69) is 48.5 Å². The number of aliphatic carboxylic acids is 1. The molecule has 0 saturated heterocycles. The number of rotatable bonds is 9. The zero-order valence-corrected chi connectivity index (χ0v) is 15.2. The molecule has 0 rings (SSSR count). The SMILES string of the molecule is CCCCC=C(O[Si](C(C)C)(C(C)C)C(C)C)C(=O)O. The molecule has 0 aromatic rings. The molecule has 0 radical (unpaired) electrons. The minimum Gasteiger partial charge on any atom is -0.538 e. The molecule has 0 heterocycles. The van der Waals surface area contributed by atoms with Gasteiger partial charge in [-0.05, 0) is 35.5 Å². The second-order valence-corrected chi connectivity index (χ2v) is 11.8. The van der Waals surface area contributed by atoms with Gasteiger partial charge in [0.25, 0.3) is 8.32 Å². The molecule has 1 N–H and O–H groups in total. The molecule has 3 nitrogen and oxygen atoms in total. The molecule has 0 atom stereocenters. The molecule has 0 spiro atoms. The smallest absolute Gasteiger partial charge is 0.369 e. The lowest BCUT2D eigenvalue weighted by atomic mass is 10.2. The lowest BCUT2D eigenvalue weighted by Gasteiger charge is -2.42. The number of hydrogen-bond donors (Lipinski definition) is 1. The van der Waals surface area contributed by atoms with Gasteiger partial charge in [0.2, 0.25) is 0 Å². The second kappa shape index (κ2) is 8.50. The fraction of sp³-hybridized carbons (Fsp3) is 0.812. The Morgan fingerprint density at radius 3 is 1.85 bits per heavy atom. The zero-order chi connectivity index (χ0) is 15.9. The van der Waals surface area contributed by atoms with Crippen LogP contribution in [0.2, 0.25) is 16.6 Å². The van der Waals surface area contributed by atoms with Gasteiger partial charge in [-0.3, -0.25) is 0 Å². The second-order valence-electron chi connectivity index (χ2n) is 6.44. The molecule has 0 amide bonds. The number of unbranched alkanes of at least 4 members (excludes halogenated alkanes) is 2. The third kappa shape index (κ3) is 4.65. The van der Waals surface area contributed by atoms with Gasteiger partial charge < -0.3 is 9.53 Å². The van der Waals surface area contributed by atoms with E-state index in [0.717, 1.165) is 19.3 Å². The van der Waals surface area contributed by atoms with E-state index >= 15 is 0 Å². The van der Waals surface area contributed by atoms with E-state index in [4.69, 9.17) is 4.43 Å². The van der Waals surface area contributed by atoms with Gasteiger partial charge >= 0.3 is 5.97 Å². The molecule has 0 fully saturated rings. The van der Waals surface area contributed by atoms with Crippen molar-refractivity contribution in [1.29, 1.82) is 0 Å². The van der Waals surface area contributed by atoms with Crippen LogP contribution in [0.3, 0.4) is 0 Å². The average molecular weight is 301 g/mol. The van der Waals surface area contributed by atoms with Crippen LogP contribution >= 0.6 is 0 Å². The largest absolute Gasteiger partial charge is 0.538 e. The molecule has 118 valence electrons. The maximum atomic E-state index is 11.5. The van der Waals surface area contributed by atoms with E-state index in [1.807, 2.05) is 0 Å². The highest BCUT2D eigenvalue weighted by molar-refractivity contribution is 6.78. The Kier molecular flexibility index (Phi) is 8.17. The highest BCUT2D eigenvalue weighted by Gasteiger charge is 2.47. The van der Waals surface area contributed by atoms with Crippen LogP contribution in [-0.4, -0.2) is 19.4 Å². The standard InChI is InChI=1S/C16H32O3Si/c1-8-9-10-11-15(16(17)18)19-20(12(2)3,13(4)5)14(6)7/h11-14H,8-10H2,1-7H3,(H,17,18). The minimum absolute atomic E-state index is 0.168. The molecular formula is C16H32O3Si. The van der Waals surface area contributed by atoms with Gasteiger partial charge in [-0.1, -0.05) is 54.9 Å². The summed E-state index contributed by atoms with van der Waals surface area (Å²) in [5, 5.41) is 9.41. The van der Waals surface area contributed by atoms with Gasteiger partial charge in [0, 0.05) is 0 Å². The van der Waals surface area contributed by atoms with Crippen molar-refractivity contribution in [3.8, 4) is 0 Å². The van der Waals surface area contributed by atoms with Crippen LogP contribution in [0.25, 0.3) is 0 Å². The monoisotopic (exact) mass is 300 g/mol. The van der Waals surface area contributed by atoms with Crippen LogP contribution in [0.5, 0.6) is 0 Å². The van der Waals surface area contributed by atoms with E-state index in [0.29, 0.717) is 16.6 Å². The number of carbonyl (C=O) groups is 1. The molecule has 0 aliphatic heterocycles. The van der Waals surface area contributed by atoms with Gasteiger partial charge in [-0.15, -0.1) is 0 Å². The Hall–Kier alpha value is -0.773. The summed E-state index contributed by atoms with van der Waals surface area (Å²) in [6, 6.07) is 0. The van der Waals surface area contributed by atoms with Crippen molar-refractivity contribution >= 4 is 14.3 Å². The van der Waals surface area contributed by atoms with E-state index < -0.39 is 14.3 Å². The Labute approximate surface area is 125 Å². The van der Waals surface area contributed by atoms with Crippen molar-refractivity contribution in [2.45, 2.75) is 84.4 Å². The minimum atomic E-state index is -2.16. The predicted octanol–water partition coefficient (Wildman–Crippen LogP) is 5.34. The lowest BCUT2D eigenvalue weighted by Crippen LogP contribution is -2.48. The van der Waals surface area contributed by atoms with Crippen molar-refractivity contribution in [3.63, 3.8) is 0 Å². The predicted molar refractivity (Wildman–Crippen MR) is 87.4 cm³/mol. The normalized spacial score (nSPS) is 13.4. The zero-order valence-electron chi connectivity index (χ0n) is 14.2. The Morgan fingerprint density at radius 1 is 1.10 bits per heavy atom. The van der Waals surface area contributed by atoms with E-state index in [9.17, 15) is 9.90 Å². The van der Waals surface area contributed by atoms with E-state index in [-0.39, 0.29) is 5.76 Å². The molecule has 20 heavy (non-hydrogen) atoms. The first-order valence-electron chi connectivity index (χ1n) is 7.82. The first-order chi connectivity index (χ1) is 9.20. The molecule has 0 aromatic carbocycles. The molecule has 0 aliphatic carbocycles. The summed E-state index contributed by atoms with van der Waals surface area (Å²) in [5.74, 6) is -0.763. The Balaban J connectivity index is 5.39. The van der Waals surface area contributed by atoms with Gasteiger partial charge in [0.15, 0.2) is 5.76 Å². The topological polar surface area (TPSA) is 46.5 Å². The maximum absolute atomic E-state index is 11.5.